The number of unbranched alkanes of at least 4 members (excludes halogenated alkanes) is 19. The van der Waals surface area contributed by atoms with E-state index >= 15 is 0 Å². The van der Waals surface area contributed by atoms with E-state index in [0.29, 0.717) is 12.8 Å². The van der Waals surface area contributed by atoms with Crippen molar-refractivity contribution in [2.75, 3.05) is 13.2 Å². The molecule has 0 aliphatic carbocycles. The average molecular weight is 900 g/mol. The van der Waals surface area contributed by atoms with Crippen LogP contribution in [0.15, 0.2) is 60.8 Å². The van der Waals surface area contributed by atoms with E-state index in [9.17, 15) is 43.3 Å². The van der Waals surface area contributed by atoms with Gasteiger partial charge in [0.1, 0.15) is 30.5 Å². The Balaban J connectivity index is 2.60. The SMILES string of the molecule is CCCCC/C=C\C=C/CCCCCCCCCCCC(O)C(=O)NC(COC1OC(CO)C(O)C(OS(=O)(=O)O)C1O)C(O)/C=C/CC/C=C/CC/C=C/CCCCCCC. The van der Waals surface area contributed by atoms with E-state index in [-0.39, 0.29) is 6.42 Å². The standard InChI is InChI=1S/C48H85NO12S/c1-3-5-7-9-11-13-15-17-19-20-21-23-25-27-29-31-33-35-37-42(52)47(55)49-40(39-59-48-45(54)46(61-62(56,57)58)44(53)43(38-50)60-48)41(51)36-34-32-30-28-26-24-22-18-16-14-12-10-8-6-4-2/h11,13,15-18,26,28,34,36,40-46,48,50-54H,3-10,12,14,19-25,27,29-33,35,37-39H2,1-2H3,(H,49,55)(H,56,57,58)/b13-11-,17-15-,18-16+,28-26+,36-34+. The number of ether oxygens (including phenoxy) is 2. The molecule has 8 unspecified atom stereocenters. The maximum Gasteiger partial charge on any atom is 0.397 e. The summed E-state index contributed by atoms with van der Waals surface area (Å²) >= 11 is 0. The average Bonchev–Trinajstić information content (AvgIpc) is 3.24. The molecule has 0 saturated carbocycles. The summed E-state index contributed by atoms with van der Waals surface area (Å²) in [5.74, 6) is -0.723. The first-order valence-corrected chi connectivity index (χ1v) is 25.2. The number of allylic oxidation sites excluding steroid dienone is 9. The Morgan fingerprint density at radius 1 is 0.661 bits per heavy atom. The summed E-state index contributed by atoms with van der Waals surface area (Å²) in [5.41, 5.74) is 0. The van der Waals surface area contributed by atoms with Gasteiger partial charge in [-0.1, -0.05) is 164 Å². The van der Waals surface area contributed by atoms with Crippen molar-refractivity contribution in [3.63, 3.8) is 0 Å². The number of hydrogen-bond acceptors (Lipinski definition) is 11. The third kappa shape index (κ3) is 30.0. The van der Waals surface area contributed by atoms with Crippen molar-refractivity contribution in [2.45, 2.75) is 223 Å². The van der Waals surface area contributed by atoms with Gasteiger partial charge < -0.3 is 40.3 Å². The largest absolute Gasteiger partial charge is 0.397 e. The van der Waals surface area contributed by atoms with Crippen LogP contribution < -0.4 is 5.32 Å². The highest BCUT2D eigenvalue weighted by atomic mass is 32.3. The molecule has 0 aromatic heterocycles. The molecule has 0 bridgehead atoms. The zero-order valence-corrected chi connectivity index (χ0v) is 38.8. The van der Waals surface area contributed by atoms with Gasteiger partial charge in [-0.25, -0.2) is 4.18 Å². The fraction of sp³-hybridized carbons (Fsp3) is 0.771. The lowest BCUT2D eigenvalue weighted by molar-refractivity contribution is -0.298. The zero-order valence-electron chi connectivity index (χ0n) is 38.0. The number of aliphatic hydroxyl groups excluding tert-OH is 5. The van der Waals surface area contributed by atoms with E-state index in [1.807, 2.05) is 0 Å². The van der Waals surface area contributed by atoms with Crippen LogP contribution in [0.25, 0.3) is 0 Å². The van der Waals surface area contributed by atoms with E-state index < -0.39 is 78.5 Å². The maximum atomic E-state index is 13.1. The summed E-state index contributed by atoms with van der Waals surface area (Å²) in [4.78, 5) is 13.1. The van der Waals surface area contributed by atoms with Crippen molar-refractivity contribution in [1.82, 2.24) is 5.32 Å². The first-order valence-electron chi connectivity index (χ1n) is 23.8. The van der Waals surface area contributed by atoms with Crippen molar-refractivity contribution in [2.24, 2.45) is 0 Å². The second kappa shape index (κ2) is 38.1. The first-order chi connectivity index (χ1) is 29.9. The lowest BCUT2D eigenvalue weighted by Crippen LogP contribution is -2.61. The Morgan fingerprint density at radius 2 is 1.13 bits per heavy atom. The van der Waals surface area contributed by atoms with Crippen LogP contribution in [0.5, 0.6) is 0 Å². The van der Waals surface area contributed by atoms with Crippen molar-refractivity contribution in [3.8, 4) is 0 Å². The molecule has 1 heterocycles. The minimum absolute atomic E-state index is 0.225. The topological polar surface area (TPSA) is 212 Å². The Bertz CT molecular complexity index is 1350. The van der Waals surface area contributed by atoms with Crippen molar-refractivity contribution >= 4 is 16.3 Å². The van der Waals surface area contributed by atoms with Gasteiger partial charge in [0, 0.05) is 0 Å². The third-order valence-electron chi connectivity index (χ3n) is 10.9. The second-order valence-electron chi connectivity index (χ2n) is 16.5. The molecule has 1 rings (SSSR count). The van der Waals surface area contributed by atoms with Crippen LogP contribution in [-0.2, 0) is 28.9 Å². The van der Waals surface area contributed by atoms with E-state index in [1.165, 1.54) is 83.1 Å². The van der Waals surface area contributed by atoms with Gasteiger partial charge in [0.2, 0.25) is 5.91 Å². The summed E-state index contributed by atoms with van der Waals surface area (Å²) in [6.07, 6.45) is 35.8. The number of carbonyl (C=O) groups excluding carboxylic acids is 1. The smallest absolute Gasteiger partial charge is 0.394 e. The quantitative estimate of drug-likeness (QED) is 0.0134. The molecule has 1 aliphatic heterocycles. The molecule has 62 heavy (non-hydrogen) atoms. The van der Waals surface area contributed by atoms with Crippen LogP contribution in [0, 0.1) is 0 Å². The third-order valence-corrected chi connectivity index (χ3v) is 11.3. The van der Waals surface area contributed by atoms with Gasteiger partial charge in [-0.3, -0.25) is 9.35 Å². The second-order valence-corrected chi connectivity index (χ2v) is 17.5. The highest BCUT2D eigenvalue weighted by molar-refractivity contribution is 7.80. The molecule has 1 saturated heterocycles. The van der Waals surface area contributed by atoms with Gasteiger partial charge in [0.25, 0.3) is 0 Å². The normalized spacial score (nSPS) is 21.6. The van der Waals surface area contributed by atoms with Crippen molar-refractivity contribution < 1.29 is 57.0 Å². The molecule has 0 spiro atoms. The number of amides is 1. The Morgan fingerprint density at radius 3 is 1.68 bits per heavy atom. The fourth-order valence-corrected chi connectivity index (χ4v) is 7.58. The summed E-state index contributed by atoms with van der Waals surface area (Å²) < 4.78 is 47.5. The highest BCUT2D eigenvalue weighted by Gasteiger charge is 2.48. The Labute approximate surface area is 374 Å². The summed E-state index contributed by atoms with van der Waals surface area (Å²) in [7, 11) is -5.13. The molecule has 0 radical (unpaired) electrons. The maximum absolute atomic E-state index is 13.1. The molecule has 0 aromatic carbocycles. The van der Waals surface area contributed by atoms with E-state index in [1.54, 1.807) is 6.08 Å². The van der Waals surface area contributed by atoms with Crippen LogP contribution in [0.2, 0.25) is 0 Å². The molecule has 8 atom stereocenters. The summed E-state index contributed by atoms with van der Waals surface area (Å²) in [5, 5.41) is 55.2. The van der Waals surface area contributed by atoms with Gasteiger partial charge in [0.05, 0.1) is 25.4 Å². The van der Waals surface area contributed by atoms with Gasteiger partial charge in [-0.15, -0.1) is 0 Å². The first kappa shape index (κ1) is 57.8. The number of rotatable bonds is 39. The summed E-state index contributed by atoms with van der Waals surface area (Å²) in [6.45, 7) is 3.14. The molecule has 0 aromatic rings. The van der Waals surface area contributed by atoms with E-state index in [2.05, 4.69) is 72.0 Å². The van der Waals surface area contributed by atoms with Gasteiger partial charge >= 0.3 is 10.4 Å². The molecule has 13 nitrogen and oxygen atoms in total. The molecular weight excluding hydrogens is 815 g/mol. The number of hydrogen-bond donors (Lipinski definition) is 7. The van der Waals surface area contributed by atoms with Crippen LogP contribution in [0.3, 0.4) is 0 Å². The van der Waals surface area contributed by atoms with Crippen LogP contribution >= 0.6 is 0 Å². The minimum atomic E-state index is -5.13. The Kier molecular flexibility index (Phi) is 35.5. The highest BCUT2D eigenvalue weighted by Crippen LogP contribution is 2.26. The predicted octanol–water partition coefficient (Wildman–Crippen LogP) is 8.41. The van der Waals surface area contributed by atoms with Crippen LogP contribution in [0.4, 0.5) is 0 Å². The lowest BCUT2D eigenvalue weighted by Gasteiger charge is -2.41. The number of nitrogens with one attached hydrogen (secondary N) is 1. The van der Waals surface area contributed by atoms with Crippen molar-refractivity contribution in [1.29, 1.82) is 0 Å². The van der Waals surface area contributed by atoms with Crippen LogP contribution in [0.1, 0.15) is 174 Å². The zero-order chi connectivity index (χ0) is 45.7. The monoisotopic (exact) mass is 900 g/mol. The predicted molar refractivity (Wildman–Crippen MR) is 247 cm³/mol. The van der Waals surface area contributed by atoms with Gasteiger partial charge in [-0.05, 0) is 70.6 Å². The number of carbonyl (C=O) groups is 1. The molecule has 360 valence electrons. The molecule has 1 aliphatic rings. The molecule has 14 heteroatoms. The molecule has 7 N–H and O–H groups in total. The fourth-order valence-electron chi connectivity index (χ4n) is 7.07. The van der Waals surface area contributed by atoms with Crippen molar-refractivity contribution in [3.05, 3.63) is 60.8 Å². The Hall–Kier alpha value is -2.24. The number of aliphatic hydroxyl groups is 5. The van der Waals surface area contributed by atoms with Gasteiger partial charge in [0.15, 0.2) is 6.29 Å². The lowest BCUT2D eigenvalue weighted by atomic mass is 9.99. The summed E-state index contributed by atoms with van der Waals surface area (Å²) in [6, 6.07) is -1.15. The molecule has 1 fully saturated rings. The van der Waals surface area contributed by atoms with E-state index in [4.69, 9.17) is 9.47 Å². The molecule has 1 amide bonds. The minimum Gasteiger partial charge on any atom is -0.394 e. The van der Waals surface area contributed by atoms with Crippen LogP contribution in [-0.4, -0.2) is 107 Å². The molecular formula is C48H85NO12S. The van der Waals surface area contributed by atoms with E-state index in [0.717, 1.165) is 64.2 Å². The van der Waals surface area contributed by atoms with Gasteiger partial charge in [-0.2, -0.15) is 8.42 Å².